The molecular weight excluding hydrogens is 1350 g/mol. The quantitative estimate of drug-likeness (QED) is 0.0169. The summed E-state index contributed by atoms with van der Waals surface area (Å²) in [5.41, 5.74) is 0. The van der Waals surface area contributed by atoms with Crippen molar-refractivity contribution < 1.29 is 80.2 Å². The molecule has 0 rings (SSSR count). The lowest BCUT2D eigenvalue weighted by Gasteiger charge is -2.21. The maximum absolute atomic E-state index is 13.1. The Morgan fingerprint density at radius 3 is 0.798 bits per heavy atom. The van der Waals surface area contributed by atoms with Crippen molar-refractivity contribution >= 4 is 39.5 Å². The Labute approximate surface area is 634 Å². The van der Waals surface area contributed by atoms with Gasteiger partial charge in [0.05, 0.1) is 26.4 Å². The summed E-state index contributed by atoms with van der Waals surface area (Å²) in [5.74, 6) is -2.25. The Kier molecular flexibility index (Phi) is 74.6. The van der Waals surface area contributed by atoms with Gasteiger partial charge in [-0.05, 0) is 96.3 Å². The van der Waals surface area contributed by atoms with Crippen molar-refractivity contribution in [2.24, 2.45) is 0 Å². The van der Waals surface area contributed by atoms with E-state index in [2.05, 4.69) is 101 Å². The van der Waals surface area contributed by atoms with Gasteiger partial charge in [-0.15, -0.1) is 0 Å². The SMILES string of the molecule is CCCCC/C=C\C/C=C\C/C=C\C/C=C\C/C=C\CCC(=O)OC[C@H](COP(=O)(O)OC[C@@H](O)COP(=O)(O)OC[C@@H](COC(=O)CCCCCCCCCCCCCCCCC)OC(=O)CCCCCCC/C=C\C/C=C\CCCCC)OC(=O)CCCCCCCCCCCCCCCCC. The summed E-state index contributed by atoms with van der Waals surface area (Å²) < 4.78 is 68.6. The van der Waals surface area contributed by atoms with Gasteiger partial charge in [0.25, 0.3) is 0 Å². The molecule has 2 unspecified atom stereocenters. The normalized spacial score (nSPS) is 14.3. The van der Waals surface area contributed by atoms with E-state index in [1.54, 1.807) is 0 Å². The lowest BCUT2D eigenvalue weighted by molar-refractivity contribution is -0.161. The minimum atomic E-state index is -4.99. The zero-order chi connectivity index (χ0) is 76.0. The van der Waals surface area contributed by atoms with E-state index in [-0.39, 0.29) is 25.7 Å². The smallest absolute Gasteiger partial charge is 0.462 e. The molecule has 19 heteroatoms. The molecule has 0 aromatic rings. The van der Waals surface area contributed by atoms with Crippen molar-refractivity contribution in [2.45, 2.75) is 393 Å². The summed E-state index contributed by atoms with van der Waals surface area (Å²) in [6.45, 7) is 4.80. The third-order valence-corrected chi connectivity index (χ3v) is 19.8. The van der Waals surface area contributed by atoms with Crippen LogP contribution in [0.2, 0.25) is 0 Å². The van der Waals surface area contributed by atoms with Crippen LogP contribution in [0, 0.1) is 0 Å². The first-order chi connectivity index (χ1) is 50.7. The van der Waals surface area contributed by atoms with Crippen molar-refractivity contribution in [3.63, 3.8) is 0 Å². The number of allylic oxidation sites excluding steroid dienone is 14. The number of carbonyl (C=O) groups is 4. The minimum absolute atomic E-state index is 0.0411. The fraction of sp³-hybridized carbons (Fsp3) is 0.788. The van der Waals surface area contributed by atoms with Crippen LogP contribution in [0.4, 0.5) is 0 Å². The van der Waals surface area contributed by atoms with E-state index in [1.807, 2.05) is 12.2 Å². The van der Waals surface area contributed by atoms with Crippen molar-refractivity contribution in [1.29, 1.82) is 0 Å². The second-order valence-corrected chi connectivity index (χ2v) is 31.0. The molecule has 0 aliphatic carbocycles. The molecule has 0 amide bonds. The number of aliphatic hydroxyl groups is 1. The zero-order valence-electron chi connectivity index (χ0n) is 66.2. The molecule has 104 heavy (non-hydrogen) atoms. The van der Waals surface area contributed by atoms with Gasteiger partial charge in [0, 0.05) is 25.7 Å². The highest BCUT2D eigenvalue weighted by molar-refractivity contribution is 7.47. The van der Waals surface area contributed by atoms with E-state index in [4.69, 9.17) is 37.0 Å². The highest BCUT2D eigenvalue weighted by Gasteiger charge is 2.30. The number of hydrogen-bond donors (Lipinski definition) is 3. The number of esters is 4. The van der Waals surface area contributed by atoms with Gasteiger partial charge in [-0.1, -0.05) is 337 Å². The molecule has 0 aliphatic heterocycles. The van der Waals surface area contributed by atoms with Crippen molar-refractivity contribution in [1.82, 2.24) is 0 Å². The number of unbranched alkanes of at least 4 members (excludes halogenated alkanes) is 39. The Morgan fingerprint density at radius 2 is 0.490 bits per heavy atom. The van der Waals surface area contributed by atoms with E-state index in [0.717, 1.165) is 116 Å². The van der Waals surface area contributed by atoms with Crippen LogP contribution in [0.3, 0.4) is 0 Å². The predicted molar refractivity (Wildman–Crippen MR) is 427 cm³/mol. The molecule has 0 saturated heterocycles. The molecule has 3 N–H and O–H groups in total. The van der Waals surface area contributed by atoms with Gasteiger partial charge in [-0.25, -0.2) is 9.13 Å². The number of ether oxygens (including phenoxy) is 4. The van der Waals surface area contributed by atoms with E-state index in [0.29, 0.717) is 32.1 Å². The summed E-state index contributed by atoms with van der Waals surface area (Å²) in [5, 5.41) is 10.7. The lowest BCUT2D eigenvalue weighted by Crippen LogP contribution is -2.30. The fourth-order valence-electron chi connectivity index (χ4n) is 11.5. The van der Waals surface area contributed by atoms with E-state index >= 15 is 0 Å². The molecule has 604 valence electrons. The molecule has 0 bridgehead atoms. The standard InChI is InChI=1S/C85H152O17P2/c1-5-9-13-17-21-25-29-33-37-38-39-40-44-46-50-54-58-62-66-70-83(88)96-76-81(102-85(90)72-68-64-60-56-52-48-43-36-32-28-24-20-16-12-8-4)78-100-104(93,94)98-74-79(86)73-97-103(91,92)99-77-80(101-84(89)71-67-63-59-55-51-47-42-35-31-27-23-19-15-11-7-3)75-95-82(87)69-65-61-57-53-49-45-41-34-30-26-22-18-14-10-6-2/h21,23,25,27,33,35,37,39-40,42,46,50,58,62,79-81,86H,5-20,22,24,26,28-32,34,36,38,41,43-45,47-49,51-57,59-61,63-78H2,1-4H3,(H,91,92)(H,93,94)/b25-21-,27-23-,37-33-,40-39-,42-35-,50-46-,62-58-/t79-,80+,81+/m0/s1. The number of hydrogen-bond acceptors (Lipinski definition) is 15. The van der Waals surface area contributed by atoms with Crippen LogP contribution in [-0.2, 0) is 65.4 Å². The van der Waals surface area contributed by atoms with Crippen LogP contribution in [0.1, 0.15) is 374 Å². The summed E-state index contributed by atoms with van der Waals surface area (Å²) >= 11 is 0. The maximum atomic E-state index is 13.1. The molecule has 0 aliphatic rings. The maximum Gasteiger partial charge on any atom is 0.472 e. The summed E-state index contributed by atoms with van der Waals surface area (Å²) in [6.07, 6.45) is 81.3. The molecule has 17 nitrogen and oxygen atoms in total. The molecule has 0 heterocycles. The molecule has 0 radical (unpaired) electrons. The number of phosphoric ester groups is 2. The first-order valence-corrected chi connectivity index (χ1v) is 44.8. The number of rotatable bonds is 79. The lowest BCUT2D eigenvalue weighted by atomic mass is 10.0. The molecule has 0 saturated carbocycles. The molecule has 0 spiro atoms. The van der Waals surface area contributed by atoms with Crippen molar-refractivity contribution in [3.8, 4) is 0 Å². The van der Waals surface area contributed by atoms with Crippen LogP contribution in [0.5, 0.6) is 0 Å². The Balaban J connectivity index is 5.40. The van der Waals surface area contributed by atoms with Crippen LogP contribution in [0.25, 0.3) is 0 Å². The highest BCUT2D eigenvalue weighted by atomic mass is 31.2. The minimum Gasteiger partial charge on any atom is -0.462 e. The largest absolute Gasteiger partial charge is 0.472 e. The van der Waals surface area contributed by atoms with Gasteiger partial charge < -0.3 is 33.8 Å². The second kappa shape index (κ2) is 77.4. The average molecular weight is 1510 g/mol. The summed E-state index contributed by atoms with van der Waals surface area (Å²) in [6, 6.07) is 0. The van der Waals surface area contributed by atoms with Gasteiger partial charge in [-0.3, -0.25) is 37.3 Å². The first-order valence-electron chi connectivity index (χ1n) is 41.8. The monoisotopic (exact) mass is 1510 g/mol. The highest BCUT2D eigenvalue weighted by Crippen LogP contribution is 2.45. The van der Waals surface area contributed by atoms with Gasteiger partial charge >= 0.3 is 39.5 Å². The molecule has 0 aromatic heterocycles. The first kappa shape index (κ1) is 100. The summed E-state index contributed by atoms with van der Waals surface area (Å²) in [7, 11) is -9.97. The third kappa shape index (κ3) is 76.4. The van der Waals surface area contributed by atoms with E-state index in [1.165, 1.54) is 173 Å². The Hall–Kier alpha value is -3.76. The number of phosphoric acid groups is 2. The topological polar surface area (TPSA) is 237 Å². The second-order valence-electron chi connectivity index (χ2n) is 28.1. The third-order valence-electron chi connectivity index (χ3n) is 17.9. The molecule has 0 fully saturated rings. The van der Waals surface area contributed by atoms with E-state index < -0.39 is 97.5 Å². The summed E-state index contributed by atoms with van der Waals surface area (Å²) in [4.78, 5) is 73.1. The Bertz CT molecular complexity index is 2300. The fourth-order valence-corrected chi connectivity index (χ4v) is 13.1. The van der Waals surface area contributed by atoms with Gasteiger partial charge in [0.2, 0.25) is 0 Å². The molecular formula is C85H152O17P2. The van der Waals surface area contributed by atoms with Gasteiger partial charge in [-0.2, -0.15) is 0 Å². The van der Waals surface area contributed by atoms with Crippen molar-refractivity contribution in [2.75, 3.05) is 39.6 Å². The molecule has 5 atom stereocenters. The van der Waals surface area contributed by atoms with Crippen molar-refractivity contribution in [3.05, 3.63) is 85.1 Å². The average Bonchev–Trinajstić information content (AvgIpc) is 0.918. The van der Waals surface area contributed by atoms with Crippen LogP contribution in [0.15, 0.2) is 85.1 Å². The van der Waals surface area contributed by atoms with Crippen LogP contribution in [-0.4, -0.2) is 96.7 Å². The zero-order valence-corrected chi connectivity index (χ0v) is 68.0. The van der Waals surface area contributed by atoms with E-state index in [9.17, 15) is 43.2 Å². The Morgan fingerprint density at radius 1 is 0.269 bits per heavy atom. The van der Waals surface area contributed by atoms with Gasteiger partial charge in [0.15, 0.2) is 12.2 Å². The van der Waals surface area contributed by atoms with Gasteiger partial charge in [0.1, 0.15) is 19.3 Å². The predicted octanol–water partition coefficient (Wildman–Crippen LogP) is 24.6. The molecule has 0 aromatic carbocycles. The number of carbonyl (C=O) groups excluding carboxylic acids is 4. The van der Waals surface area contributed by atoms with Crippen LogP contribution < -0.4 is 0 Å². The van der Waals surface area contributed by atoms with Crippen LogP contribution >= 0.6 is 15.6 Å². The number of aliphatic hydroxyl groups excluding tert-OH is 1.